The average molecular weight is 395 g/mol. The van der Waals surface area contributed by atoms with Crippen LogP contribution in [-0.2, 0) is 9.59 Å². The Morgan fingerprint density at radius 1 is 0.931 bits per heavy atom. The Balaban J connectivity index is 1.54. The molecule has 2 aromatic carbocycles. The van der Waals surface area contributed by atoms with Crippen molar-refractivity contribution in [1.29, 1.82) is 0 Å². The molecule has 1 aliphatic rings. The quantitative estimate of drug-likeness (QED) is 0.814. The van der Waals surface area contributed by atoms with E-state index in [1.54, 1.807) is 48.4 Å². The molecule has 2 N–H and O–H groups in total. The van der Waals surface area contributed by atoms with Gasteiger partial charge in [-0.25, -0.2) is 0 Å². The van der Waals surface area contributed by atoms with E-state index in [0.29, 0.717) is 48.6 Å². The van der Waals surface area contributed by atoms with Crippen LogP contribution in [-0.4, -0.2) is 42.8 Å². The van der Waals surface area contributed by atoms with Crippen LogP contribution in [0.4, 0.5) is 11.4 Å². The number of ether oxygens (including phenoxy) is 1. The molecule has 0 aromatic heterocycles. The summed E-state index contributed by atoms with van der Waals surface area (Å²) in [5.41, 5.74) is 1.90. The highest BCUT2D eigenvalue weighted by molar-refractivity contribution is 5.97. The summed E-state index contributed by atoms with van der Waals surface area (Å²) in [4.78, 5) is 38.2. The molecule has 2 aromatic rings. The predicted molar refractivity (Wildman–Crippen MR) is 111 cm³/mol. The second-order valence-corrected chi connectivity index (χ2v) is 7.01. The fraction of sp³-hybridized carbons (Fsp3) is 0.318. The van der Waals surface area contributed by atoms with Crippen LogP contribution >= 0.6 is 0 Å². The molecule has 1 aliphatic heterocycles. The van der Waals surface area contributed by atoms with Crippen LogP contribution in [0.1, 0.15) is 30.1 Å². The summed E-state index contributed by atoms with van der Waals surface area (Å²) in [5.74, 6) is 0.138. The second kappa shape index (κ2) is 9.23. The van der Waals surface area contributed by atoms with Crippen molar-refractivity contribution in [2.45, 2.75) is 19.8 Å². The lowest BCUT2D eigenvalue weighted by Crippen LogP contribution is -2.41. The third kappa shape index (κ3) is 5.13. The zero-order valence-corrected chi connectivity index (χ0v) is 16.6. The molecule has 7 heteroatoms. The van der Waals surface area contributed by atoms with E-state index in [1.165, 1.54) is 6.92 Å². The zero-order valence-electron chi connectivity index (χ0n) is 16.6. The number of hydrogen-bond acceptors (Lipinski definition) is 4. The van der Waals surface area contributed by atoms with Crippen LogP contribution in [0.5, 0.6) is 5.75 Å². The predicted octanol–water partition coefficient (Wildman–Crippen LogP) is 3.14. The number of piperidine rings is 1. The van der Waals surface area contributed by atoms with Gasteiger partial charge in [-0.05, 0) is 49.2 Å². The van der Waals surface area contributed by atoms with E-state index >= 15 is 0 Å². The lowest BCUT2D eigenvalue weighted by Gasteiger charge is -2.31. The highest BCUT2D eigenvalue weighted by Crippen LogP contribution is 2.24. The van der Waals surface area contributed by atoms with E-state index in [1.807, 2.05) is 12.1 Å². The third-order valence-electron chi connectivity index (χ3n) is 4.96. The molecular weight excluding hydrogens is 370 g/mol. The van der Waals surface area contributed by atoms with Crippen molar-refractivity contribution < 1.29 is 19.1 Å². The van der Waals surface area contributed by atoms with Crippen molar-refractivity contribution in [1.82, 2.24) is 4.90 Å². The molecule has 1 heterocycles. The number of carbonyl (C=O) groups is 3. The normalized spacial score (nSPS) is 14.2. The molecule has 0 saturated carbocycles. The standard InChI is InChI=1S/C22H25N3O4/c1-15(26)23-17-7-9-18(10-8-17)24-21(27)16-11-13-25(14-12-16)22(28)19-5-3-4-6-20(19)29-2/h3-10,16H,11-14H2,1-2H3,(H,23,26)(H,24,27). The second-order valence-electron chi connectivity index (χ2n) is 7.01. The Kier molecular flexibility index (Phi) is 6.49. The maximum absolute atomic E-state index is 12.8. The number of nitrogens with one attached hydrogen (secondary N) is 2. The number of anilines is 2. The first kappa shape index (κ1) is 20.4. The first-order valence-electron chi connectivity index (χ1n) is 9.58. The number of para-hydroxylation sites is 1. The topological polar surface area (TPSA) is 87.7 Å². The minimum atomic E-state index is -0.147. The van der Waals surface area contributed by atoms with Gasteiger partial charge in [-0.3, -0.25) is 14.4 Å². The molecule has 0 radical (unpaired) electrons. The van der Waals surface area contributed by atoms with E-state index in [0.717, 1.165) is 0 Å². The highest BCUT2D eigenvalue weighted by atomic mass is 16.5. The molecule has 152 valence electrons. The van der Waals surface area contributed by atoms with Crippen LogP contribution in [0.15, 0.2) is 48.5 Å². The fourth-order valence-corrected chi connectivity index (χ4v) is 3.42. The SMILES string of the molecule is COc1ccccc1C(=O)N1CCC(C(=O)Nc2ccc(NC(C)=O)cc2)CC1. The van der Waals surface area contributed by atoms with E-state index in [-0.39, 0.29) is 23.6 Å². The maximum atomic E-state index is 12.8. The summed E-state index contributed by atoms with van der Waals surface area (Å²) in [6.45, 7) is 2.49. The monoisotopic (exact) mass is 395 g/mol. The van der Waals surface area contributed by atoms with Crippen LogP contribution in [0.3, 0.4) is 0 Å². The average Bonchev–Trinajstić information content (AvgIpc) is 2.74. The molecule has 0 bridgehead atoms. The Morgan fingerprint density at radius 3 is 2.10 bits per heavy atom. The molecular formula is C22H25N3O4. The van der Waals surface area contributed by atoms with E-state index in [4.69, 9.17) is 4.74 Å². The molecule has 0 atom stereocenters. The summed E-state index contributed by atoms with van der Waals surface area (Å²) in [6, 6.07) is 14.2. The number of likely N-dealkylation sites (tertiary alicyclic amines) is 1. The van der Waals surface area contributed by atoms with Crippen LogP contribution in [0, 0.1) is 5.92 Å². The van der Waals surface area contributed by atoms with Crippen molar-refractivity contribution in [3.05, 3.63) is 54.1 Å². The Labute approximate surface area is 170 Å². The lowest BCUT2D eigenvalue weighted by atomic mass is 9.95. The number of methoxy groups -OCH3 is 1. The number of hydrogen-bond donors (Lipinski definition) is 2. The van der Waals surface area contributed by atoms with Crippen molar-refractivity contribution in [3.8, 4) is 5.75 Å². The fourth-order valence-electron chi connectivity index (χ4n) is 3.42. The highest BCUT2D eigenvalue weighted by Gasteiger charge is 2.28. The largest absolute Gasteiger partial charge is 0.496 e. The number of carbonyl (C=O) groups excluding carboxylic acids is 3. The molecule has 3 rings (SSSR count). The van der Waals surface area contributed by atoms with Gasteiger partial charge in [-0.1, -0.05) is 12.1 Å². The summed E-state index contributed by atoms with van der Waals surface area (Å²) in [7, 11) is 1.55. The van der Waals surface area contributed by atoms with Crippen molar-refractivity contribution in [2.75, 3.05) is 30.8 Å². The van der Waals surface area contributed by atoms with Crippen LogP contribution in [0.25, 0.3) is 0 Å². The van der Waals surface area contributed by atoms with Gasteiger partial charge in [0.2, 0.25) is 11.8 Å². The molecule has 7 nitrogen and oxygen atoms in total. The van der Waals surface area contributed by atoms with Gasteiger partial charge in [0, 0.05) is 37.3 Å². The lowest BCUT2D eigenvalue weighted by molar-refractivity contribution is -0.121. The van der Waals surface area contributed by atoms with Crippen molar-refractivity contribution in [3.63, 3.8) is 0 Å². The van der Waals surface area contributed by atoms with E-state index in [2.05, 4.69) is 10.6 Å². The van der Waals surface area contributed by atoms with Gasteiger partial charge in [0.25, 0.3) is 5.91 Å². The smallest absolute Gasteiger partial charge is 0.257 e. The van der Waals surface area contributed by atoms with E-state index in [9.17, 15) is 14.4 Å². The van der Waals surface area contributed by atoms with Gasteiger partial charge < -0.3 is 20.3 Å². The number of amides is 3. The van der Waals surface area contributed by atoms with Gasteiger partial charge in [-0.15, -0.1) is 0 Å². The van der Waals surface area contributed by atoms with E-state index < -0.39 is 0 Å². The number of benzene rings is 2. The summed E-state index contributed by atoms with van der Waals surface area (Å²) in [6.07, 6.45) is 1.22. The summed E-state index contributed by atoms with van der Waals surface area (Å²) >= 11 is 0. The van der Waals surface area contributed by atoms with Gasteiger partial charge in [0.05, 0.1) is 12.7 Å². The molecule has 1 saturated heterocycles. The van der Waals surface area contributed by atoms with Gasteiger partial charge in [-0.2, -0.15) is 0 Å². The molecule has 0 aliphatic carbocycles. The van der Waals surface area contributed by atoms with Gasteiger partial charge in [0.1, 0.15) is 5.75 Å². The molecule has 0 spiro atoms. The minimum absolute atomic E-state index is 0.0540. The Hall–Kier alpha value is -3.35. The Bertz CT molecular complexity index is 887. The van der Waals surface area contributed by atoms with Gasteiger partial charge in [0.15, 0.2) is 0 Å². The number of nitrogens with zero attached hydrogens (tertiary/aromatic N) is 1. The zero-order chi connectivity index (χ0) is 20.8. The molecule has 1 fully saturated rings. The maximum Gasteiger partial charge on any atom is 0.257 e. The van der Waals surface area contributed by atoms with Crippen LogP contribution in [0.2, 0.25) is 0 Å². The molecule has 0 unspecified atom stereocenters. The number of rotatable bonds is 5. The van der Waals surface area contributed by atoms with Gasteiger partial charge >= 0.3 is 0 Å². The Morgan fingerprint density at radius 2 is 1.52 bits per heavy atom. The van der Waals surface area contributed by atoms with Crippen molar-refractivity contribution in [2.24, 2.45) is 5.92 Å². The van der Waals surface area contributed by atoms with Crippen molar-refractivity contribution >= 4 is 29.1 Å². The third-order valence-corrected chi connectivity index (χ3v) is 4.96. The summed E-state index contributed by atoms with van der Waals surface area (Å²) in [5, 5.41) is 5.60. The van der Waals surface area contributed by atoms with Crippen LogP contribution < -0.4 is 15.4 Å². The molecule has 3 amide bonds. The first-order valence-corrected chi connectivity index (χ1v) is 9.58. The summed E-state index contributed by atoms with van der Waals surface area (Å²) < 4.78 is 5.28. The minimum Gasteiger partial charge on any atom is -0.496 e. The first-order chi connectivity index (χ1) is 14.0. The molecule has 29 heavy (non-hydrogen) atoms.